The monoisotopic (exact) mass is 582 g/mol. The van der Waals surface area contributed by atoms with Gasteiger partial charge in [0.05, 0.1) is 41.0 Å². The predicted octanol–water partition coefficient (Wildman–Crippen LogP) is 4.76. The van der Waals surface area contributed by atoms with Gasteiger partial charge < -0.3 is 5.32 Å². The molecule has 3 aromatic heterocycles. The highest BCUT2D eigenvalue weighted by molar-refractivity contribution is 6.31. The average molecular weight is 583 g/mol. The van der Waals surface area contributed by atoms with Crippen molar-refractivity contribution in [1.82, 2.24) is 29.7 Å². The number of alkyl halides is 2. The number of benzene rings is 1. The van der Waals surface area contributed by atoms with E-state index in [1.165, 1.54) is 13.1 Å². The molecule has 0 radical (unpaired) electrons. The summed E-state index contributed by atoms with van der Waals surface area (Å²) in [6.07, 6.45) is 3.73. The molecular formula is C27H22ClF3N8O2. The Bertz CT molecular complexity index is 1710. The Morgan fingerprint density at radius 1 is 1.15 bits per heavy atom. The van der Waals surface area contributed by atoms with Crippen molar-refractivity contribution < 1.29 is 22.8 Å². The number of piperidine rings is 1. The lowest BCUT2D eigenvalue weighted by atomic mass is 10.0. The minimum atomic E-state index is -3.00. The van der Waals surface area contributed by atoms with Crippen molar-refractivity contribution in [3.05, 3.63) is 76.0 Å². The highest BCUT2D eigenvalue weighted by Gasteiger charge is 2.53. The van der Waals surface area contributed by atoms with Gasteiger partial charge in [0.15, 0.2) is 5.82 Å². The van der Waals surface area contributed by atoms with Crippen LogP contribution in [0, 0.1) is 31.5 Å². The van der Waals surface area contributed by atoms with E-state index in [-0.39, 0.29) is 33.9 Å². The first kappa shape index (κ1) is 26.8. The summed E-state index contributed by atoms with van der Waals surface area (Å²) in [6, 6.07) is 2.04. The van der Waals surface area contributed by atoms with Crippen molar-refractivity contribution in [3.8, 4) is 11.3 Å². The summed E-state index contributed by atoms with van der Waals surface area (Å²) >= 11 is 5.82. The maximum Gasteiger partial charge on any atom is 0.276 e. The molecular weight excluding hydrogens is 561 g/mol. The number of aryl methyl sites for hydroxylation is 2. The summed E-state index contributed by atoms with van der Waals surface area (Å²) in [6.45, 7) is 4.30. The Morgan fingerprint density at radius 3 is 2.66 bits per heavy atom. The number of nitrogens with zero attached hydrogens (tertiary/aromatic N) is 7. The van der Waals surface area contributed by atoms with Crippen LogP contribution in [0.4, 0.5) is 24.8 Å². The van der Waals surface area contributed by atoms with Gasteiger partial charge in [-0.15, -0.1) is 0 Å². The molecule has 0 bridgehead atoms. The highest BCUT2D eigenvalue weighted by atomic mass is 35.5. The summed E-state index contributed by atoms with van der Waals surface area (Å²) < 4.78 is 43.5. The van der Waals surface area contributed by atoms with Crippen LogP contribution in [0.3, 0.4) is 0 Å². The maximum atomic E-state index is 14.8. The lowest BCUT2D eigenvalue weighted by Crippen LogP contribution is -2.30. The molecule has 2 aliphatic rings. The number of nitrogens with one attached hydrogen (secondary N) is 1. The van der Waals surface area contributed by atoms with E-state index in [1.54, 1.807) is 22.0 Å². The van der Waals surface area contributed by atoms with Crippen molar-refractivity contribution in [2.24, 2.45) is 11.8 Å². The quantitative estimate of drug-likeness (QED) is 0.334. The minimum Gasteiger partial charge on any atom is -0.318 e. The van der Waals surface area contributed by atoms with Crippen LogP contribution >= 0.6 is 11.6 Å². The van der Waals surface area contributed by atoms with Crippen LogP contribution in [-0.4, -0.2) is 48.1 Å². The molecule has 1 aliphatic heterocycles. The molecule has 6 rings (SSSR count). The summed E-state index contributed by atoms with van der Waals surface area (Å²) in [4.78, 5) is 44.1. The number of anilines is 2. The summed E-state index contributed by atoms with van der Waals surface area (Å²) in [5.74, 6) is -0.766. The van der Waals surface area contributed by atoms with Crippen molar-refractivity contribution in [3.63, 3.8) is 0 Å². The number of hydrogen-bond donors (Lipinski definition) is 1. The molecule has 41 heavy (non-hydrogen) atoms. The van der Waals surface area contributed by atoms with E-state index >= 15 is 0 Å². The molecule has 2 amide bonds. The van der Waals surface area contributed by atoms with Crippen LogP contribution in [0.2, 0.25) is 5.02 Å². The van der Waals surface area contributed by atoms with Crippen LogP contribution in [0.1, 0.15) is 45.8 Å². The largest absolute Gasteiger partial charge is 0.318 e. The zero-order valence-corrected chi connectivity index (χ0v) is 22.5. The molecule has 1 aliphatic carbocycles. The van der Waals surface area contributed by atoms with Gasteiger partial charge in [-0.2, -0.15) is 5.10 Å². The second kappa shape index (κ2) is 10.2. The van der Waals surface area contributed by atoms with Gasteiger partial charge in [-0.1, -0.05) is 17.7 Å². The Morgan fingerprint density at radius 2 is 1.95 bits per heavy atom. The van der Waals surface area contributed by atoms with E-state index in [4.69, 9.17) is 11.6 Å². The third kappa shape index (κ3) is 5.01. The van der Waals surface area contributed by atoms with E-state index in [2.05, 4.69) is 30.4 Å². The third-order valence-corrected chi connectivity index (χ3v) is 7.54. The SMILES string of the molecule is Cc1nc(N2CC3CC3C2=O)ncc1Cn1cc(NC(=O)c2nc(-c3c(C(F)F)ccc(Cl)c3F)cnc2C)cn1. The van der Waals surface area contributed by atoms with Gasteiger partial charge >= 0.3 is 0 Å². The summed E-state index contributed by atoms with van der Waals surface area (Å²) in [5.41, 5.74) is 0.456. The zero-order valence-electron chi connectivity index (χ0n) is 21.8. The topological polar surface area (TPSA) is 119 Å². The molecule has 4 aromatic rings. The lowest BCUT2D eigenvalue weighted by Gasteiger charge is -2.17. The molecule has 4 heterocycles. The van der Waals surface area contributed by atoms with E-state index in [1.807, 2.05) is 6.92 Å². The Balaban J connectivity index is 1.18. The number of carbonyl (C=O) groups excluding carboxylic acids is 2. The van der Waals surface area contributed by atoms with Gasteiger partial charge in [0.25, 0.3) is 12.3 Å². The zero-order chi connectivity index (χ0) is 29.0. The number of hydrogen-bond acceptors (Lipinski definition) is 7. The fourth-order valence-corrected chi connectivity index (χ4v) is 5.05. The number of halogens is 4. The molecule has 2 unspecified atom stereocenters. The van der Waals surface area contributed by atoms with Gasteiger partial charge in [-0.25, -0.2) is 28.1 Å². The van der Waals surface area contributed by atoms with Crippen molar-refractivity contribution in [1.29, 1.82) is 0 Å². The second-order valence-electron chi connectivity index (χ2n) is 10.0. The van der Waals surface area contributed by atoms with Crippen LogP contribution in [0.15, 0.2) is 36.9 Å². The molecule has 210 valence electrons. The number of rotatable bonds is 7. The lowest BCUT2D eigenvalue weighted by molar-refractivity contribution is -0.118. The van der Waals surface area contributed by atoms with Gasteiger partial charge in [0.1, 0.15) is 5.69 Å². The molecule has 0 spiro atoms. The Hall–Kier alpha value is -4.39. The van der Waals surface area contributed by atoms with E-state index in [0.29, 0.717) is 36.3 Å². The number of fused-ring (bicyclic) bond motifs is 1. The van der Waals surface area contributed by atoms with E-state index < -0.39 is 29.3 Å². The maximum absolute atomic E-state index is 14.8. The van der Waals surface area contributed by atoms with Crippen LogP contribution in [0.25, 0.3) is 11.3 Å². The Kier molecular flexibility index (Phi) is 6.68. The fraction of sp³-hybridized carbons (Fsp3) is 0.296. The van der Waals surface area contributed by atoms with Crippen LogP contribution in [0.5, 0.6) is 0 Å². The van der Waals surface area contributed by atoms with Gasteiger partial charge in [-0.3, -0.25) is 24.2 Å². The smallest absolute Gasteiger partial charge is 0.276 e. The average Bonchev–Trinajstić information content (AvgIpc) is 3.46. The van der Waals surface area contributed by atoms with Crippen molar-refractivity contribution >= 4 is 35.1 Å². The first-order valence-corrected chi connectivity index (χ1v) is 13.1. The number of aromatic nitrogens is 6. The first-order valence-electron chi connectivity index (χ1n) is 12.7. The van der Waals surface area contributed by atoms with E-state index in [0.717, 1.165) is 30.3 Å². The minimum absolute atomic E-state index is 0.0761. The fourth-order valence-electron chi connectivity index (χ4n) is 4.89. The number of carbonyl (C=O) groups is 2. The van der Waals surface area contributed by atoms with E-state index in [9.17, 15) is 22.8 Å². The van der Waals surface area contributed by atoms with Crippen molar-refractivity contribution in [2.75, 3.05) is 16.8 Å². The van der Waals surface area contributed by atoms with Crippen LogP contribution < -0.4 is 10.2 Å². The molecule has 14 heteroatoms. The molecule has 1 N–H and O–H groups in total. The van der Waals surface area contributed by atoms with Gasteiger partial charge in [0, 0.05) is 47.2 Å². The van der Waals surface area contributed by atoms with Gasteiger partial charge in [-0.05, 0) is 32.3 Å². The standard InChI is InChI=1S/C27H22ClF3N8O2/c1-12-15(6-33-27(35-12)39-10-14-5-18(14)26(39)41)9-38-11-16(7-34-38)36-25(40)23-13(2)32-8-20(37-23)21-17(24(30)31)3-4-19(28)22(21)29/h3-4,6-8,11,14,18,24H,5,9-10H2,1-2H3,(H,36,40). The summed E-state index contributed by atoms with van der Waals surface area (Å²) in [7, 11) is 0. The predicted molar refractivity (Wildman–Crippen MR) is 142 cm³/mol. The molecule has 2 atom stereocenters. The third-order valence-electron chi connectivity index (χ3n) is 7.24. The molecule has 1 saturated carbocycles. The summed E-state index contributed by atoms with van der Waals surface area (Å²) in [5, 5.41) is 6.56. The molecule has 2 fully saturated rings. The first-order chi connectivity index (χ1) is 19.6. The molecule has 1 saturated heterocycles. The van der Waals surface area contributed by atoms with Crippen molar-refractivity contribution in [2.45, 2.75) is 33.2 Å². The van der Waals surface area contributed by atoms with Crippen LogP contribution in [-0.2, 0) is 11.3 Å². The highest BCUT2D eigenvalue weighted by Crippen LogP contribution is 2.46. The molecule has 10 nitrogen and oxygen atoms in total. The van der Waals surface area contributed by atoms with Gasteiger partial charge in [0.2, 0.25) is 11.9 Å². The second-order valence-corrected chi connectivity index (χ2v) is 10.4. The normalized spacial score (nSPS) is 17.7. The number of amides is 2. The Labute approximate surface area is 236 Å². The molecule has 1 aromatic carbocycles.